The van der Waals surface area contributed by atoms with Gasteiger partial charge in [-0.1, -0.05) is 12.1 Å². The zero-order valence-electron chi connectivity index (χ0n) is 19.9. The minimum absolute atomic E-state index is 0.233. The number of hydrogen-bond donors (Lipinski definition) is 0. The third kappa shape index (κ3) is 4.79. The van der Waals surface area contributed by atoms with E-state index in [1.807, 2.05) is 37.8 Å². The summed E-state index contributed by atoms with van der Waals surface area (Å²) in [5.41, 5.74) is 5.75. The van der Waals surface area contributed by atoms with Crippen LogP contribution in [-0.4, -0.2) is 49.9 Å². The van der Waals surface area contributed by atoms with Crippen LogP contribution in [0.2, 0.25) is 0 Å². The first-order chi connectivity index (χ1) is 15.2. The average Bonchev–Trinajstić information content (AvgIpc) is 2.96. The van der Waals surface area contributed by atoms with E-state index in [4.69, 9.17) is 14.2 Å². The molecule has 1 amide bonds. The van der Waals surface area contributed by atoms with Crippen molar-refractivity contribution in [3.8, 4) is 11.5 Å². The van der Waals surface area contributed by atoms with Gasteiger partial charge in [0.05, 0.1) is 19.3 Å². The smallest absolute Gasteiger partial charge is 0.410 e. The van der Waals surface area contributed by atoms with Crippen LogP contribution < -0.4 is 14.4 Å². The van der Waals surface area contributed by atoms with Gasteiger partial charge in [0, 0.05) is 19.6 Å². The molecule has 0 bridgehead atoms. The molecule has 0 unspecified atom stereocenters. The summed E-state index contributed by atoms with van der Waals surface area (Å²) in [5.74, 6) is 1.82. The molecule has 2 aliphatic rings. The lowest BCUT2D eigenvalue weighted by Gasteiger charge is -2.34. The second-order valence-electron chi connectivity index (χ2n) is 9.57. The Morgan fingerprint density at radius 1 is 1.12 bits per heavy atom. The predicted molar refractivity (Wildman–Crippen MR) is 126 cm³/mol. The molecule has 2 heterocycles. The standard InChI is InChI=1S/C26H34N2O4/c1-18-22-10-12-27(25(29)32-26(2,3)4)11-9-20(22)16-23-24(18)28(13-14-31-23)17-19-7-6-8-21(15-19)30-5/h6-8,15-16H,9-14,17H2,1-5H3. The normalized spacial score (nSPS) is 15.9. The first kappa shape index (κ1) is 22.3. The second-order valence-corrected chi connectivity index (χ2v) is 9.57. The minimum Gasteiger partial charge on any atom is -0.497 e. The topological polar surface area (TPSA) is 51.2 Å². The highest BCUT2D eigenvalue weighted by molar-refractivity contribution is 5.71. The summed E-state index contributed by atoms with van der Waals surface area (Å²) < 4.78 is 17.1. The monoisotopic (exact) mass is 438 g/mol. The van der Waals surface area contributed by atoms with E-state index in [1.165, 1.54) is 27.9 Å². The van der Waals surface area contributed by atoms with E-state index >= 15 is 0 Å². The SMILES string of the molecule is COc1cccc(CN2CCOc3cc4c(c(C)c32)CCN(C(=O)OC(C)(C)C)CC4)c1. The van der Waals surface area contributed by atoms with Gasteiger partial charge < -0.3 is 24.0 Å². The van der Waals surface area contributed by atoms with Gasteiger partial charge in [0.1, 0.15) is 23.7 Å². The summed E-state index contributed by atoms with van der Waals surface area (Å²) in [6.07, 6.45) is 1.39. The first-order valence-electron chi connectivity index (χ1n) is 11.4. The van der Waals surface area contributed by atoms with Gasteiger partial charge in [0.15, 0.2) is 0 Å². The Kier molecular flexibility index (Phi) is 6.22. The molecule has 2 aromatic rings. The van der Waals surface area contributed by atoms with E-state index < -0.39 is 5.60 Å². The first-order valence-corrected chi connectivity index (χ1v) is 11.4. The molecule has 0 fully saturated rings. The maximum absolute atomic E-state index is 12.6. The number of hydrogen-bond acceptors (Lipinski definition) is 5. The van der Waals surface area contributed by atoms with Crippen molar-refractivity contribution in [1.29, 1.82) is 0 Å². The largest absolute Gasteiger partial charge is 0.497 e. The molecule has 2 aliphatic heterocycles. The molecule has 0 N–H and O–H groups in total. The van der Waals surface area contributed by atoms with Crippen molar-refractivity contribution in [3.63, 3.8) is 0 Å². The Labute approximate surface area is 191 Å². The zero-order chi connectivity index (χ0) is 22.9. The number of benzene rings is 2. The van der Waals surface area contributed by atoms with Crippen LogP contribution in [0.3, 0.4) is 0 Å². The van der Waals surface area contributed by atoms with E-state index in [0.29, 0.717) is 19.7 Å². The van der Waals surface area contributed by atoms with Crippen LogP contribution in [0.5, 0.6) is 11.5 Å². The lowest BCUT2D eigenvalue weighted by atomic mass is 9.94. The number of methoxy groups -OCH3 is 1. The van der Waals surface area contributed by atoms with Gasteiger partial charge in [0.25, 0.3) is 0 Å². The second kappa shape index (κ2) is 8.93. The van der Waals surface area contributed by atoms with E-state index in [2.05, 4.69) is 30.0 Å². The summed E-state index contributed by atoms with van der Waals surface area (Å²) in [6, 6.07) is 10.4. The van der Waals surface area contributed by atoms with Crippen molar-refractivity contribution in [1.82, 2.24) is 4.90 Å². The van der Waals surface area contributed by atoms with Crippen LogP contribution in [0, 0.1) is 6.92 Å². The maximum Gasteiger partial charge on any atom is 0.410 e. The van der Waals surface area contributed by atoms with Gasteiger partial charge in [-0.15, -0.1) is 0 Å². The molecule has 0 aliphatic carbocycles. The van der Waals surface area contributed by atoms with Crippen molar-refractivity contribution in [3.05, 3.63) is 52.6 Å². The number of amides is 1. The van der Waals surface area contributed by atoms with E-state index in [-0.39, 0.29) is 6.09 Å². The molecule has 4 rings (SSSR count). The number of carbonyl (C=O) groups excluding carboxylic acids is 1. The summed E-state index contributed by atoms with van der Waals surface area (Å²) in [7, 11) is 1.70. The molecule has 2 aromatic carbocycles. The molecule has 6 nitrogen and oxygen atoms in total. The Bertz CT molecular complexity index is 996. The molecule has 172 valence electrons. The molecule has 6 heteroatoms. The lowest BCUT2D eigenvalue weighted by Crippen LogP contribution is -2.38. The Balaban J connectivity index is 1.58. The lowest BCUT2D eigenvalue weighted by molar-refractivity contribution is 0.0258. The summed E-state index contributed by atoms with van der Waals surface area (Å²) in [6.45, 7) is 11.5. The molecule has 0 saturated carbocycles. The molecule has 0 aromatic heterocycles. The maximum atomic E-state index is 12.6. The fraction of sp³-hybridized carbons (Fsp3) is 0.500. The van der Waals surface area contributed by atoms with Gasteiger partial charge in [-0.25, -0.2) is 4.79 Å². The van der Waals surface area contributed by atoms with E-state index in [1.54, 1.807) is 7.11 Å². The number of nitrogens with zero attached hydrogens (tertiary/aromatic N) is 2. The molecule has 0 radical (unpaired) electrons. The quantitative estimate of drug-likeness (QED) is 0.693. The van der Waals surface area contributed by atoms with Gasteiger partial charge in [0.2, 0.25) is 0 Å². The molecular weight excluding hydrogens is 404 g/mol. The highest BCUT2D eigenvalue weighted by Crippen LogP contribution is 2.40. The molecule has 0 saturated heterocycles. The third-order valence-corrected chi connectivity index (χ3v) is 6.11. The van der Waals surface area contributed by atoms with Crippen molar-refractivity contribution in [2.75, 3.05) is 38.3 Å². The van der Waals surface area contributed by atoms with Crippen LogP contribution in [0.4, 0.5) is 10.5 Å². The number of anilines is 1. The average molecular weight is 439 g/mol. The van der Waals surface area contributed by atoms with Gasteiger partial charge in [-0.2, -0.15) is 0 Å². The summed E-state index contributed by atoms with van der Waals surface area (Å²) >= 11 is 0. The molecule has 0 spiro atoms. The predicted octanol–water partition coefficient (Wildman–Crippen LogP) is 4.74. The van der Waals surface area contributed by atoms with Gasteiger partial charge in [-0.3, -0.25) is 0 Å². The van der Waals surface area contributed by atoms with Crippen LogP contribution >= 0.6 is 0 Å². The zero-order valence-corrected chi connectivity index (χ0v) is 19.9. The van der Waals surface area contributed by atoms with E-state index in [0.717, 1.165) is 37.4 Å². The van der Waals surface area contributed by atoms with Crippen LogP contribution in [-0.2, 0) is 24.1 Å². The molecule has 0 atom stereocenters. The number of fused-ring (bicyclic) bond motifs is 2. The fourth-order valence-corrected chi connectivity index (χ4v) is 4.61. The number of ether oxygens (including phenoxy) is 3. The van der Waals surface area contributed by atoms with Gasteiger partial charge >= 0.3 is 6.09 Å². The summed E-state index contributed by atoms with van der Waals surface area (Å²) in [5, 5.41) is 0. The molecule has 32 heavy (non-hydrogen) atoms. The van der Waals surface area contributed by atoms with Crippen molar-refractivity contribution >= 4 is 11.8 Å². The minimum atomic E-state index is -0.486. The Morgan fingerprint density at radius 2 is 1.91 bits per heavy atom. The molecular formula is C26H34N2O4. The van der Waals surface area contributed by atoms with Gasteiger partial charge in [-0.05, 0) is 81.0 Å². The number of carbonyl (C=O) groups is 1. The van der Waals surface area contributed by atoms with Crippen molar-refractivity contribution in [2.45, 2.75) is 52.7 Å². The number of rotatable bonds is 3. The van der Waals surface area contributed by atoms with E-state index in [9.17, 15) is 4.79 Å². The fourth-order valence-electron chi connectivity index (χ4n) is 4.61. The van der Waals surface area contributed by atoms with Crippen molar-refractivity contribution in [2.24, 2.45) is 0 Å². The highest BCUT2D eigenvalue weighted by atomic mass is 16.6. The Hall–Kier alpha value is -2.89. The summed E-state index contributed by atoms with van der Waals surface area (Å²) in [4.78, 5) is 16.9. The van der Waals surface area contributed by atoms with Crippen LogP contribution in [0.25, 0.3) is 0 Å². The highest BCUT2D eigenvalue weighted by Gasteiger charge is 2.28. The Morgan fingerprint density at radius 3 is 2.66 bits per heavy atom. The van der Waals surface area contributed by atoms with Crippen molar-refractivity contribution < 1.29 is 19.0 Å². The van der Waals surface area contributed by atoms with Crippen LogP contribution in [0.1, 0.15) is 43.0 Å². The van der Waals surface area contributed by atoms with Crippen LogP contribution in [0.15, 0.2) is 30.3 Å². The third-order valence-electron chi connectivity index (χ3n) is 6.11.